The summed E-state index contributed by atoms with van der Waals surface area (Å²) in [7, 11) is -8.24. The Bertz CT molecular complexity index is 1470. The van der Waals surface area contributed by atoms with Crippen molar-refractivity contribution in [2.45, 2.75) is 37.5 Å². The minimum atomic E-state index is -4.22. The van der Waals surface area contributed by atoms with Gasteiger partial charge < -0.3 is 0 Å². The third-order valence-corrected chi connectivity index (χ3v) is 8.06. The van der Waals surface area contributed by atoms with E-state index in [2.05, 4.69) is 9.44 Å². The van der Waals surface area contributed by atoms with E-state index < -0.39 is 25.0 Å². The fourth-order valence-electron chi connectivity index (χ4n) is 3.28. The van der Waals surface area contributed by atoms with E-state index in [1.54, 1.807) is 26.0 Å². The number of sulfonamides is 2. The molecule has 0 aliphatic heterocycles. The van der Waals surface area contributed by atoms with Crippen LogP contribution in [0.1, 0.15) is 22.3 Å². The van der Waals surface area contributed by atoms with Gasteiger partial charge in [0, 0.05) is 12.1 Å². The zero-order chi connectivity index (χ0) is 24.6. The van der Waals surface area contributed by atoms with Crippen molar-refractivity contribution in [3.8, 4) is 0 Å². The Balaban J connectivity index is 1.98. The van der Waals surface area contributed by atoms with Crippen molar-refractivity contribution >= 4 is 37.1 Å². The zero-order valence-corrected chi connectivity index (χ0v) is 20.0. The lowest BCUT2D eigenvalue weighted by Crippen LogP contribution is -2.17. The van der Waals surface area contributed by atoms with E-state index in [1.165, 1.54) is 37.3 Å². The number of benzene rings is 3. The molecule has 9 nitrogen and oxygen atoms in total. The Kier molecular flexibility index (Phi) is 6.48. The Labute approximate surface area is 192 Å². The van der Waals surface area contributed by atoms with E-state index in [4.69, 9.17) is 0 Å². The molecule has 3 aromatic carbocycles. The van der Waals surface area contributed by atoms with Gasteiger partial charge in [-0.05, 0) is 62.6 Å². The van der Waals surface area contributed by atoms with E-state index in [-0.39, 0.29) is 21.2 Å². The number of hydrogen-bond donors (Lipinski definition) is 2. The average molecular weight is 490 g/mol. The van der Waals surface area contributed by atoms with Crippen LogP contribution in [0.5, 0.6) is 0 Å². The van der Waals surface area contributed by atoms with Crippen LogP contribution in [0, 0.1) is 37.8 Å². The number of nitrogens with zero attached hydrogens (tertiary/aromatic N) is 1. The summed E-state index contributed by atoms with van der Waals surface area (Å²) in [5, 5.41) is 11.1. The predicted octanol–water partition coefficient (Wildman–Crippen LogP) is 4.43. The first kappa shape index (κ1) is 24.2. The lowest BCUT2D eigenvalue weighted by atomic mass is 10.1. The topological polar surface area (TPSA) is 135 Å². The van der Waals surface area contributed by atoms with Crippen molar-refractivity contribution < 1.29 is 21.8 Å². The minimum Gasteiger partial charge on any atom is -0.280 e. The van der Waals surface area contributed by atoms with Crippen molar-refractivity contribution in [2.75, 3.05) is 9.44 Å². The third-order valence-electron chi connectivity index (χ3n) is 5.03. The second kappa shape index (κ2) is 8.83. The molecule has 3 rings (SSSR count). The molecule has 0 radical (unpaired) electrons. The molecule has 0 fully saturated rings. The first-order valence-electron chi connectivity index (χ1n) is 9.79. The molecular formula is C22H23N3O6S2. The van der Waals surface area contributed by atoms with Crippen LogP contribution in [0.15, 0.2) is 64.4 Å². The predicted molar refractivity (Wildman–Crippen MR) is 127 cm³/mol. The maximum absolute atomic E-state index is 13.1. The number of nitro groups is 1. The number of rotatable bonds is 7. The summed E-state index contributed by atoms with van der Waals surface area (Å²) in [5.41, 5.74) is 2.51. The van der Waals surface area contributed by atoms with Crippen molar-refractivity contribution in [3.05, 3.63) is 87.0 Å². The molecule has 174 valence electrons. The minimum absolute atomic E-state index is 0.00695. The van der Waals surface area contributed by atoms with Gasteiger partial charge >= 0.3 is 0 Å². The molecule has 11 heteroatoms. The molecule has 0 aliphatic rings. The van der Waals surface area contributed by atoms with Crippen LogP contribution >= 0.6 is 0 Å². The van der Waals surface area contributed by atoms with Crippen LogP contribution in [-0.4, -0.2) is 21.8 Å². The Hall–Kier alpha value is -3.44. The highest BCUT2D eigenvalue weighted by Crippen LogP contribution is 2.28. The maximum atomic E-state index is 13.1. The van der Waals surface area contributed by atoms with Crippen LogP contribution in [0.2, 0.25) is 0 Å². The molecule has 2 N–H and O–H groups in total. The van der Waals surface area contributed by atoms with E-state index >= 15 is 0 Å². The summed E-state index contributed by atoms with van der Waals surface area (Å²) >= 11 is 0. The fourth-order valence-corrected chi connectivity index (χ4v) is 6.00. The Morgan fingerprint density at radius 2 is 1.27 bits per heavy atom. The molecule has 33 heavy (non-hydrogen) atoms. The molecular weight excluding hydrogens is 466 g/mol. The maximum Gasteiger partial charge on any atom is 0.270 e. The van der Waals surface area contributed by atoms with Crippen molar-refractivity contribution in [1.82, 2.24) is 0 Å². The number of nitro benzene ring substituents is 1. The summed E-state index contributed by atoms with van der Waals surface area (Å²) in [6, 6.07) is 12.9. The quantitative estimate of drug-likeness (QED) is 0.372. The summed E-state index contributed by atoms with van der Waals surface area (Å²) in [6.07, 6.45) is 0. The zero-order valence-electron chi connectivity index (χ0n) is 18.4. The van der Waals surface area contributed by atoms with Gasteiger partial charge in [-0.25, -0.2) is 16.8 Å². The van der Waals surface area contributed by atoms with Gasteiger partial charge in [-0.2, -0.15) is 0 Å². The summed E-state index contributed by atoms with van der Waals surface area (Å²) in [6.45, 7) is 6.79. The Morgan fingerprint density at radius 1 is 0.697 bits per heavy atom. The monoisotopic (exact) mass is 489 g/mol. The molecule has 0 spiro atoms. The normalized spacial score (nSPS) is 11.8. The highest BCUT2D eigenvalue weighted by atomic mass is 32.2. The second-order valence-electron chi connectivity index (χ2n) is 7.72. The molecule has 0 aromatic heterocycles. The van der Waals surface area contributed by atoms with E-state index in [9.17, 15) is 26.9 Å². The molecule has 0 amide bonds. The van der Waals surface area contributed by atoms with Gasteiger partial charge in [0.05, 0.1) is 26.1 Å². The van der Waals surface area contributed by atoms with Gasteiger partial charge in [0.25, 0.3) is 25.7 Å². The lowest BCUT2D eigenvalue weighted by molar-refractivity contribution is -0.385. The van der Waals surface area contributed by atoms with Crippen molar-refractivity contribution in [2.24, 2.45) is 0 Å². The van der Waals surface area contributed by atoms with Crippen LogP contribution in [-0.2, 0) is 20.0 Å². The molecule has 0 bridgehead atoms. The van der Waals surface area contributed by atoms with Crippen LogP contribution in [0.4, 0.5) is 17.1 Å². The molecule has 0 aliphatic carbocycles. The van der Waals surface area contributed by atoms with Gasteiger partial charge in [0.2, 0.25) is 0 Å². The summed E-state index contributed by atoms with van der Waals surface area (Å²) < 4.78 is 56.8. The molecule has 3 aromatic rings. The number of nitrogens with one attached hydrogen (secondary N) is 2. The van der Waals surface area contributed by atoms with Crippen molar-refractivity contribution in [3.63, 3.8) is 0 Å². The average Bonchev–Trinajstić information content (AvgIpc) is 2.71. The first-order chi connectivity index (χ1) is 15.3. The smallest absolute Gasteiger partial charge is 0.270 e. The number of hydrogen-bond acceptors (Lipinski definition) is 6. The van der Waals surface area contributed by atoms with Crippen LogP contribution < -0.4 is 9.44 Å². The number of anilines is 2. The molecule has 0 heterocycles. The SMILES string of the molecule is Cc1ccc(NS(=O)(=O)c2cc(NS(=O)(=O)c3cc([N+](=O)[O-])ccc3C)ccc2C)c(C)c1. The standard InChI is InChI=1S/C22H23N3O6S2/c1-14-5-10-20(17(4)11-14)24-33(30,31)21-12-18(8-6-15(21)2)23-32(28,29)22-13-19(25(26)27)9-7-16(22)3/h5-13,23-24H,1-4H3. The Morgan fingerprint density at radius 3 is 1.88 bits per heavy atom. The lowest BCUT2D eigenvalue weighted by Gasteiger charge is -2.15. The molecule has 0 atom stereocenters. The summed E-state index contributed by atoms with van der Waals surface area (Å²) in [5.74, 6) is 0. The van der Waals surface area contributed by atoms with Gasteiger partial charge in [-0.1, -0.05) is 29.8 Å². The number of aryl methyl sites for hydroxylation is 4. The molecule has 0 saturated heterocycles. The van der Waals surface area contributed by atoms with Gasteiger partial charge in [-0.3, -0.25) is 19.6 Å². The van der Waals surface area contributed by atoms with Crippen LogP contribution in [0.3, 0.4) is 0 Å². The van der Waals surface area contributed by atoms with Gasteiger partial charge in [-0.15, -0.1) is 0 Å². The number of non-ortho nitro benzene ring substituents is 1. The third kappa shape index (κ3) is 5.32. The van der Waals surface area contributed by atoms with Gasteiger partial charge in [0.15, 0.2) is 0 Å². The van der Waals surface area contributed by atoms with E-state index in [0.29, 0.717) is 16.8 Å². The van der Waals surface area contributed by atoms with Crippen LogP contribution in [0.25, 0.3) is 0 Å². The largest absolute Gasteiger partial charge is 0.280 e. The second-order valence-corrected chi connectivity index (χ2v) is 11.0. The van der Waals surface area contributed by atoms with E-state index in [0.717, 1.165) is 17.2 Å². The fraction of sp³-hybridized carbons (Fsp3) is 0.182. The van der Waals surface area contributed by atoms with Crippen molar-refractivity contribution in [1.29, 1.82) is 0 Å². The molecule has 0 unspecified atom stereocenters. The first-order valence-corrected chi connectivity index (χ1v) is 12.8. The van der Waals surface area contributed by atoms with Gasteiger partial charge in [0.1, 0.15) is 0 Å². The highest BCUT2D eigenvalue weighted by molar-refractivity contribution is 7.93. The highest BCUT2D eigenvalue weighted by Gasteiger charge is 2.23. The molecule has 0 saturated carbocycles. The summed E-state index contributed by atoms with van der Waals surface area (Å²) in [4.78, 5) is 10.00. The van der Waals surface area contributed by atoms with E-state index in [1.807, 2.05) is 13.0 Å².